The molecule has 0 aromatic heterocycles. The summed E-state index contributed by atoms with van der Waals surface area (Å²) < 4.78 is 5.09. The van der Waals surface area contributed by atoms with Crippen molar-refractivity contribution < 1.29 is 9.53 Å². The van der Waals surface area contributed by atoms with E-state index in [1.165, 1.54) is 0 Å². The number of carbonyl (C=O) groups is 1. The van der Waals surface area contributed by atoms with Gasteiger partial charge in [-0.15, -0.1) is 0 Å². The summed E-state index contributed by atoms with van der Waals surface area (Å²) in [5, 5.41) is 2.89. The van der Waals surface area contributed by atoms with E-state index in [-0.39, 0.29) is 11.9 Å². The third-order valence-corrected chi connectivity index (χ3v) is 3.38. The molecule has 1 heterocycles. The fraction of sp³-hybridized carbons (Fsp3) is 0.462. The summed E-state index contributed by atoms with van der Waals surface area (Å²) in [6.45, 7) is 4.54. The molecular weight excluding hydrogens is 216 g/mol. The van der Waals surface area contributed by atoms with E-state index in [4.69, 9.17) is 10.5 Å². The zero-order valence-corrected chi connectivity index (χ0v) is 10.5. The number of anilines is 1. The van der Waals surface area contributed by atoms with Crippen LogP contribution in [0.25, 0.3) is 0 Å². The lowest BCUT2D eigenvalue weighted by atomic mass is 9.93. The van der Waals surface area contributed by atoms with Crippen molar-refractivity contribution in [2.45, 2.75) is 26.3 Å². The van der Waals surface area contributed by atoms with Crippen LogP contribution in [-0.2, 0) is 16.0 Å². The predicted molar refractivity (Wildman–Crippen MR) is 67.1 cm³/mol. The number of amides is 1. The highest BCUT2D eigenvalue weighted by Crippen LogP contribution is 2.33. The van der Waals surface area contributed by atoms with Crippen LogP contribution in [0.15, 0.2) is 6.07 Å². The van der Waals surface area contributed by atoms with E-state index in [0.29, 0.717) is 13.0 Å². The second kappa shape index (κ2) is 4.47. The summed E-state index contributed by atoms with van der Waals surface area (Å²) in [6.07, 6.45) is 0.448. The number of carbonyl (C=O) groups excluding carboxylic acids is 1. The van der Waals surface area contributed by atoms with E-state index in [2.05, 4.69) is 5.32 Å². The Morgan fingerprint density at radius 1 is 1.47 bits per heavy atom. The molecule has 0 bridgehead atoms. The van der Waals surface area contributed by atoms with Gasteiger partial charge in [-0.2, -0.15) is 0 Å². The quantitative estimate of drug-likeness (QED) is 0.831. The predicted octanol–water partition coefficient (Wildman–Crippen LogP) is 1.44. The standard InChI is InChI=1S/C13H18N2O2/c1-7-8(2)13-9(5-12(16)15-13)4-10(7)11(14)6-17-3/h4,11H,5-6,14H2,1-3H3,(H,15,16). The van der Waals surface area contributed by atoms with Crippen molar-refractivity contribution in [3.63, 3.8) is 0 Å². The van der Waals surface area contributed by atoms with E-state index in [0.717, 1.165) is 27.9 Å². The van der Waals surface area contributed by atoms with Crippen LogP contribution in [-0.4, -0.2) is 19.6 Å². The van der Waals surface area contributed by atoms with E-state index in [1.807, 2.05) is 19.9 Å². The first-order valence-electron chi connectivity index (χ1n) is 5.72. The number of ether oxygens (including phenoxy) is 1. The van der Waals surface area contributed by atoms with Crippen LogP contribution in [0, 0.1) is 13.8 Å². The van der Waals surface area contributed by atoms with E-state index >= 15 is 0 Å². The number of nitrogens with one attached hydrogen (secondary N) is 1. The molecule has 4 heteroatoms. The molecular formula is C13H18N2O2. The minimum Gasteiger partial charge on any atom is -0.383 e. The lowest BCUT2D eigenvalue weighted by Crippen LogP contribution is -2.18. The Kier molecular flexibility index (Phi) is 3.17. The highest BCUT2D eigenvalue weighted by atomic mass is 16.5. The highest BCUT2D eigenvalue weighted by Gasteiger charge is 2.23. The second-order valence-corrected chi connectivity index (χ2v) is 4.54. The van der Waals surface area contributed by atoms with Crippen LogP contribution in [0.3, 0.4) is 0 Å². The molecule has 1 aliphatic rings. The van der Waals surface area contributed by atoms with Crippen molar-refractivity contribution in [2.24, 2.45) is 5.73 Å². The van der Waals surface area contributed by atoms with Gasteiger partial charge in [-0.25, -0.2) is 0 Å². The topological polar surface area (TPSA) is 64.3 Å². The maximum atomic E-state index is 11.4. The molecule has 0 fully saturated rings. The second-order valence-electron chi connectivity index (χ2n) is 4.54. The normalized spacial score (nSPS) is 15.6. The maximum absolute atomic E-state index is 11.4. The van der Waals surface area contributed by atoms with Crippen molar-refractivity contribution in [2.75, 3.05) is 19.0 Å². The van der Waals surface area contributed by atoms with Gasteiger partial charge in [0, 0.05) is 12.8 Å². The van der Waals surface area contributed by atoms with Crippen LogP contribution in [0.4, 0.5) is 5.69 Å². The third kappa shape index (κ3) is 2.06. The Morgan fingerprint density at radius 3 is 2.82 bits per heavy atom. The van der Waals surface area contributed by atoms with Gasteiger partial charge in [0.05, 0.1) is 19.1 Å². The summed E-state index contributed by atoms with van der Waals surface area (Å²) in [4.78, 5) is 11.4. The van der Waals surface area contributed by atoms with Crippen LogP contribution < -0.4 is 11.1 Å². The molecule has 0 spiro atoms. The average Bonchev–Trinajstić information content (AvgIpc) is 2.65. The number of benzene rings is 1. The molecule has 17 heavy (non-hydrogen) atoms. The molecule has 1 unspecified atom stereocenters. The first-order chi connectivity index (χ1) is 8.04. The fourth-order valence-electron chi connectivity index (χ4n) is 2.34. The van der Waals surface area contributed by atoms with Crippen LogP contribution in [0.1, 0.15) is 28.3 Å². The highest BCUT2D eigenvalue weighted by molar-refractivity contribution is 6.00. The van der Waals surface area contributed by atoms with Crippen LogP contribution >= 0.6 is 0 Å². The van der Waals surface area contributed by atoms with Gasteiger partial charge in [-0.05, 0) is 36.1 Å². The smallest absolute Gasteiger partial charge is 0.228 e. The molecule has 0 aliphatic carbocycles. The Balaban J connectivity index is 2.46. The minimum absolute atomic E-state index is 0.0555. The molecule has 1 aromatic rings. The number of rotatable bonds is 3. The molecule has 2 rings (SSSR count). The van der Waals surface area contributed by atoms with E-state index in [1.54, 1.807) is 7.11 Å². The number of methoxy groups -OCH3 is 1. The molecule has 1 aromatic carbocycles. The summed E-state index contributed by atoms with van der Waals surface area (Å²) in [7, 11) is 1.64. The largest absolute Gasteiger partial charge is 0.383 e. The number of hydrogen-bond donors (Lipinski definition) is 2. The Morgan fingerprint density at radius 2 is 2.18 bits per heavy atom. The molecule has 0 radical (unpaired) electrons. The molecule has 1 aliphatic heterocycles. The number of fused-ring (bicyclic) bond motifs is 1. The van der Waals surface area contributed by atoms with Gasteiger partial charge in [-0.1, -0.05) is 6.07 Å². The zero-order valence-electron chi connectivity index (χ0n) is 10.5. The third-order valence-electron chi connectivity index (χ3n) is 3.38. The fourth-order valence-corrected chi connectivity index (χ4v) is 2.34. The number of nitrogens with two attached hydrogens (primary N) is 1. The Bertz CT molecular complexity index is 469. The van der Waals surface area contributed by atoms with Gasteiger partial charge in [0.25, 0.3) is 0 Å². The molecule has 92 valence electrons. The van der Waals surface area contributed by atoms with Crippen molar-refractivity contribution in [3.8, 4) is 0 Å². The average molecular weight is 234 g/mol. The summed E-state index contributed by atoms with van der Waals surface area (Å²) in [6, 6.07) is 1.89. The zero-order chi connectivity index (χ0) is 12.6. The lowest BCUT2D eigenvalue weighted by Gasteiger charge is -2.18. The van der Waals surface area contributed by atoms with Gasteiger partial charge in [0.2, 0.25) is 5.91 Å². The maximum Gasteiger partial charge on any atom is 0.228 e. The summed E-state index contributed by atoms with van der Waals surface area (Å²) >= 11 is 0. The van der Waals surface area contributed by atoms with Crippen LogP contribution in [0.2, 0.25) is 0 Å². The monoisotopic (exact) mass is 234 g/mol. The van der Waals surface area contributed by atoms with Gasteiger partial charge in [-0.3, -0.25) is 4.79 Å². The first kappa shape index (κ1) is 12.1. The lowest BCUT2D eigenvalue weighted by molar-refractivity contribution is -0.115. The van der Waals surface area contributed by atoms with Crippen molar-refractivity contribution in [1.82, 2.24) is 0 Å². The van der Waals surface area contributed by atoms with Crippen molar-refractivity contribution >= 4 is 11.6 Å². The van der Waals surface area contributed by atoms with Gasteiger partial charge in [0.1, 0.15) is 0 Å². The van der Waals surface area contributed by atoms with Gasteiger partial charge < -0.3 is 15.8 Å². The molecule has 0 saturated heterocycles. The summed E-state index contributed by atoms with van der Waals surface area (Å²) in [5.74, 6) is 0.0555. The summed E-state index contributed by atoms with van der Waals surface area (Å²) in [5.41, 5.74) is 11.4. The first-order valence-corrected chi connectivity index (χ1v) is 5.72. The molecule has 0 saturated carbocycles. The number of hydrogen-bond acceptors (Lipinski definition) is 3. The van der Waals surface area contributed by atoms with Crippen molar-refractivity contribution in [1.29, 1.82) is 0 Å². The molecule has 4 nitrogen and oxygen atoms in total. The SMILES string of the molecule is COCC(N)c1cc2c(c(C)c1C)NC(=O)C2. The van der Waals surface area contributed by atoms with E-state index in [9.17, 15) is 4.79 Å². The molecule has 1 amide bonds. The Hall–Kier alpha value is -1.39. The minimum atomic E-state index is -0.139. The van der Waals surface area contributed by atoms with Gasteiger partial charge in [0.15, 0.2) is 0 Å². The molecule has 3 N–H and O–H groups in total. The van der Waals surface area contributed by atoms with Gasteiger partial charge >= 0.3 is 0 Å². The Labute approximate surface area is 101 Å². The van der Waals surface area contributed by atoms with E-state index < -0.39 is 0 Å². The van der Waals surface area contributed by atoms with Crippen molar-refractivity contribution in [3.05, 3.63) is 28.3 Å². The van der Waals surface area contributed by atoms with Crippen LogP contribution in [0.5, 0.6) is 0 Å². The molecule has 1 atom stereocenters.